The van der Waals surface area contributed by atoms with Gasteiger partial charge in [0.2, 0.25) is 0 Å². The summed E-state index contributed by atoms with van der Waals surface area (Å²) in [5.41, 5.74) is 23.4. The molecule has 0 unspecified atom stereocenters. The molecule has 0 aliphatic carbocycles. The fourth-order valence-electron chi connectivity index (χ4n) is 15.3. The van der Waals surface area contributed by atoms with Crippen LogP contribution in [0.15, 0.2) is 358 Å². The molecule has 0 bridgehead atoms. The first-order valence-corrected chi connectivity index (χ1v) is 34.1. The Balaban J connectivity index is 1.04. The van der Waals surface area contributed by atoms with Gasteiger partial charge in [-0.15, -0.1) is 0 Å². The first-order valence-electron chi connectivity index (χ1n) is 34.1. The van der Waals surface area contributed by atoms with Gasteiger partial charge >= 0.3 is 0 Å². The third kappa shape index (κ3) is 9.92. The van der Waals surface area contributed by atoms with Crippen molar-refractivity contribution >= 4 is 65.4 Å². The zero-order chi connectivity index (χ0) is 66.9. The number of hydrogen-bond acceptors (Lipinski definition) is 4. The van der Waals surface area contributed by atoms with Crippen LogP contribution in [0.1, 0.15) is 5.56 Å². The summed E-state index contributed by atoms with van der Waals surface area (Å²) in [5, 5.41) is 19.7. The molecule has 0 saturated heterocycles. The van der Waals surface area contributed by atoms with Gasteiger partial charge in [-0.05, 0) is 122 Å². The maximum atomic E-state index is 13.3. The minimum Gasteiger partial charge on any atom is -0.308 e. The molecule has 0 spiro atoms. The molecule has 0 N–H and O–H groups in total. The Hall–Kier alpha value is -13.8. The van der Waals surface area contributed by atoms with Crippen molar-refractivity contribution in [2.45, 2.75) is 0 Å². The van der Waals surface area contributed by atoms with Gasteiger partial charge in [-0.2, -0.15) is 5.26 Å². The van der Waals surface area contributed by atoms with Crippen LogP contribution in [0.25, 0.3) is 183 Å². The van der Waals surface area contributed by atoms with Crippen molar-refractivity contribution in [3.63, 3.8) is 0 Å². The molecule has 19 aromatic rings. The maximum absolute atomic E-state index is 13.3. The summed E-state index contributed by atoms with van der Waals surface area (Å²) in [6, 6.07) is 130. The zero-order valence-corrected chi connectivity index (χ0v) is 54.7. The van der Waals surface area contributed by atoms with Crippen molar-refractivity contribution in [3.8, 4) is 124 Å². The van der Waals surface area contributed by atoms with Crippen LogP contribution in [0.5, 0.6) is 0 Å². The second kappa shape index (κ2) is 24.4. The van der Waals surface area contributed by atoms with Gasteiger partial charge in [0, 0.05) is 60.1 Å². The lowest BCUT2D eigenvalue weighted by atomic mass is 9.85. The van der Waals surface area contributed by atoms with Crippen LogP contribution >= 0.6 is 0 Å². The predicted molar refractivity (Wildman–Crippen MR) is 416 cm³/mol. The largest absolute Gasteiger partial charge is 0.308 e. The van der Waals surface area contributed by atoms with Gasteiger partial charge in [-0.3, -0.25) is 0 Å². The van der Waals surface area contributed by atoms with Gasteiger partial charge in [0.25, 0.3) is 0 Å². The van der Waals surface area contributed by atoms with Crippen LogP contribution in [0, 0.1) is 11.3 Å². The van der Waals surface area contributed by atoms with E-state index >= 15 is 0 Å². The Bertz CT molecular complexity index is 6150. The smallest absolute Gasteiger partial charge is 0.164 e. The molecule has 0 fully saturated rings. The van der Waals surface area contributed by atoms with Gasteiger partial charge in [0.15, 0.2) is 17.5 Å². The molecule has 470 valence electrons. The Morgan fingerprint density at radius 2 is 0.475 bits per heavy atom. The standard InChI is InChI=1S/C94H59N7/c95-60-80-87(65-47-49-68(50-48-65)94-97-92(66-35-15-5-16-36-66)96-93(98-94)67-37-17-6-18-38-67)90(100-83-45-25-21-41-76(83)77-42-22-26-46-84(77)100)88(73-56-71(63-31-11-3-12-32-63)55-72(57-73)64-33-13-4-14-34-64)91(89(80)99-81-43-23-19-39-74(81)75-40-20-24-44-82(75)99)101-85-53-51-69(61-27-7-1-8-28-61)58-78(85)79-59-70(52-54-86(79)101)62-29-9-2-10-30-62/h1-59H. The zero-order valence-electron chi connectivity index (χ0n) is 54.7. The summed E-state index contributed by atoms with van der Waals surface area (Å²) in [6.45, 7) is 0. The molecule has 0 amide bonds. The Morgan fingerprint density at radius 3 is 0.851 bits per heavy atom. The highest BCUT2D eigenvalue weighted by Crippen LogP contribution is 2.54. The second-order valence-corrected chi connectivity index (χ2v) is 25.7. The summed E-state index contributed by atoms with van der Waals surface area (Å²) < 4.78 is 7.35. The molecule has 0 saturated carbocycles. The lowest BCUT2D eigenvalue weighted by Gasteiger charge is -2.29. The van der Waals surface area contributed by atoms with Gasteiger partial charge < -0.3 is 13.7 Å². The molecule has 101 heavy (non-hydrogen) atoms. The van der Waals surface area contributed by atoms with E-state index in [-0.39, 0.29) is 0 Å². The third-order valence-electron chi connectivity index (χ3n) is 19.9. The van der Waals surface area contributed by atoms with Gasteiger partial charge in [-0.25, -0.2) is 15.0 Å². The van der Waals surface area contributed by atoms with E-state index < -0.39 is 0 Å². The highest BCUT2D eigenvalue weighted by Gasteiger charge is 2.35. The monoisotopic (exact) mass is 1290 g/mol. The average Bonchev–Trinajstić information content (AvgIpc) is 1.61. The number of para-hydroxylation sites is 4. The van der Waals surface area contributed by atoms with E-state index in [1.807, 2.05) is 60.7 Å². The van der Waals surface area contributed by atoms with Crippen LogP contribution in [-0.2, 0) is 0 Å². The van der Waals surface area contributed by atoms with E-state index in [2.05, 4.69) is 317 Å². The highest BCUT2D eigenvalue weighted by molar-refractivity contribution is 6.17. The molecule has 0 aliphatic rings. The summed E-state index contributed by atoms with van der Waals surface area (Å²) in [4.78, 5) is 15.6. The summed E-state index contributed by atoms with van der Waals surface area (Å²) in [5.74, 6) is 1.67. The fourth-order valence-corrected chi connectivity index (χ4v) is 15.3. The fraction of sp³-hybridized carbons (Fsp3) is 0. The van der Waals surface area contributed by atoms with Gasteiger partial charge in [0.05, 0.1) is 55.7 Å². The normalized spacial score (nSPS) is 11.6. The van der Waals surface area contributed by atoms with Gasteiger partial charge in [-0.1, -0.05) is 291 Å². The lowest BCUT2D eigenvalue weighted by Crippen LogP contribution is -2.14. The van der Waals surface area contributed by atoms with E-state index in [1.165, 1.54) is 0 Å². The number of nitrogens with zero attached hydrogens (tertiary/aromatic N) is 7. The molecule has 0 radical (unpaired) electrons. The molecule has 15 aromatic carbocycles. The van der Waals surface area contributed by atoms with E-state index in [4.69, 9.17) is 15.0 Å². The summed E-state index contributed by atoms with van der Waals surface area (Å²) in [7, 11) is 0. The van der Waals surface area contributed by atoms with Crippen molar-refractivity contribution in [1.82, 2.24) is 28.7 Å². The highest BCUT2D eigenvalue weighted by atomic mass is 15.1. The van der Waals surface area contributed by atoms with Crippen molar-refractivity contribution in [3.05, 3.63) is 363 Å². The molecule has 19 rings (SSSR count). The Labute approximate surface area is 583 Å². The molecule has 4 heterocycles. The van der Waals surface area contributed by atoms with Crippen LogP contribution in [0.4, 0.5) is 0 Å². The Kier molecular flexibility index (Phi) is 14.1. The van der Waals surface area contributed by atoms with Crippen LogP contribution in [0.2, 0.25) is 0 Å². The lowest BCUT2D eigenvalue weighted by molar-refractivity contribution is 1.07. The first kappa shape index (κ1) is 58.5. The predicted octanol–water partition coefficient (Wildman–Crippen LogP) is 24.0. The van der Waals surface area contributed by atoms with E-state index in [9.17, 15) is 5.26 Å². The van der Waals surface area contributed by atoms with Crippen LogP contribution in [-0.4, -0.2) is 28.7 Å². The SMILES string of the molecule is N#Cc1c(-c2ccc(-c3nc(-c4ccccc4)nc(-c4ccccc4)n3)cc2)c(-n2c3ccccc3c3ccccc32)c(-c2cc(-c3ccccc3)cc(-c3ccccc3)c2)c(-n2c3ccc(-c4ccccc4)cc3c3cc(-c4ccccc4)ccc32)c1-n1c2ccccc2c2ccccc21. The minimum absolute atomic E-state index is 0.483. The summed E-state index contributed by atoms with van der Waals surface area (Å²) in [6.07, 6.45) is 0. The van der Waals surface area contributed by atoms with Crippen molar-refractivity contribution in [2.24, 2.45) is 0 Å². The topological polar surface area (TPSA) is 77.2 Å². The van der Waals surface area contributed by atoms with E-state index in [0.717, 1.165) is 166 Å². The number of aromatic nitrogens is 6. The van der Waals surface area contributed by atoms with Crippen molar-refractivity contribution < 1.29 is 0 Å². The van der Waals surface area contributed by atoms with Crippen LogP contribution < -0.4 is 0 Å². The third-order valence-corrected chi connectivity index (χ3v) is 19.9. The molecule has 7 nitrogen and oxygen atoms in total. The number of benzene rings is 15. The van der Waals surface area contributed by atoms with Gasteiger partial charge in [0.1, 0.15) is 6.07 Å². The number of hydrogen-bond donors (Lipinski definition) is 0. The van der Waals surface area contributed by atoms with E-state index in [1.54, 1.807) is 0 Å². The second-order valence-electron chi connectivity index (χ2n) is 25.7. The molecule has 0 aliphatic heterocycles. The molecular weight excluding hydrogens is 1230 g/mol. The van der Waals surface area contributed by atoms with Crippen molar-refractivity contribution in [2.75, 3.05) is 0 Å². The molecule has 4 aromatic heterocycles. The molecule has 0 atom stereocenters. The number of rotatable bonds is 12. The minimum atomic E-state index is 0.483. The number of fused-ring (bicyclic) bond motifs is 9. The molecule has 7 heteroatoms. The summed E-state index contributed by atoms with van der Waals surface area (Å²) >= 11 is 0. The van der Waals surface area contributed by atoms with Crippen LogP contribution in [0.3, 0.4) is 0 Å². The van der Waals surface area contributed by atoms with Crippen molar-refractivity contribution in [1.29, 1.82) is 5.26 Å². The maximum Gasteiger partial charge on any atom is 0.164 e. The van der Waals surface area contributed by atoms with E-state index in [0.29, 0.717) is 23.0 Å². The first-order chi connectivity index (χ1) is 50.1. The quantitative estimate of drug-likeness (QED) is 0.122. The average molecular weight is 1290 g/mol. The Morgan fingerprint density at radius 1 is 0.198 bits per heavy atom. The number of nitriles is 1. The molecular formula is C94H59N7.